The standard InChI is InChI=1S/C50H55N2O8/c1-51-29-34-21-39(26-40(54)22-34)50(31-53,28-32-14-16-44(55)47(23-32)60-41-11-4-5-12-41)48(58)27-46(57)38(20-33-18-19-52-30-33)24-37-15-17-45(56)49(59-2)43(37)25-36-10-7-9-35-8-3-6-13-42(35)36/h3,6-10,13-19,21-23,26,30,38,41,46,51,53-57H,4-5,11-12,20,24-25,27-29,31H2,1-2H3/q-1. The number of aliphatic hydroxyl groups excluding tert-OH is 2. The number of nitrogens with zero attached hydrogens (tertiary/aromatic N) is 1. The van der Waals surface area contributed by atoms with Crippen LogP contribution in [0.5, 0.6) is 28.7 Å². The number of phenols is 3. The Bertz CT molecular complexity index is 2380. The zero-order chi connectivity index (χ0) is 42.2. The third kappa shape index (κ3) is 9.47. The van der Waals surface area contributed by atoms with Crippen LogP contribution in [0.4, 0.5) is 0 Å². The molecule has 1 saturated carbocycles. The van der Waals surface area contributed by atoms with Gasteiger partial charge in [-0.25, -0.2) is 0 Å². The summed E-state index contributed by atoms with van der Waals surface area (Å²) in [7, 11) is 3.31. The lowest BCUT2D eigenvalue weighted by atomic mass is 9.70. The predicted octanol–water partition coefficient (Wildman–Crippen LogP) is 7.45. The number of fused-ring (bicyclic) bond motifs is 1. The number of carbonyl (C=O) groups excluding carboxylic acids is 1. The molecular formula is C50H55N2O8-. The summed E-state index contributed by atoms with van der Waals surface area (Å²) in [5.74, 6) is -0.295. The lowest BCUT2D eigenvalue weighted by Gasteiger charge is -2.34. The molecule has 0 amide bonds. The number of hydrogen-bond acceptors (Lipinski definition) is 9. The highest BCUT2D eigenvalue weighted by atomic mass is 16.5. The van der Waals surface area contributed by atoms with Gasteiger partial charge in [-0.05, 0) is 127 Å². The van der Waals surface area contributed by atoms with Crippen molar-refractivity contribution in [1.29, 1.82) is 0 Å². The molecule has 0 bridgehead atoms. The second-order valence-electron chi connectivity index (χ2n) is 16.3. The van der Waals surface area contributed by atoms with Crippen molar-refractivity contribution in [3.8, 4) is 28.7 Å². The molecule has 3 atom stereocenters. The van der Waals surface area contributed by atoms with Gasteiger partial charge in [0, 0.05) is 24.9 Å². The summed E-state index contributed by atoms with van der Waals surface area (Å²) in [5, 5.41) is 61.7. The van der Waals surface area contributed by atoms with Crippen molar-refractivity contribution in [2.24, 2.45) is 5.92 Å². The van der Waals surface area contributed by atoms with Crippen LogP contribution in [0.15, 0.2) is 109 Å². The lowest BCUT2D eigenvalue weighted by molar-refractivity contribution is -0.129. The van der Waals surface area contributed by atoms with Crippen molar-refractivity contribution in [3.63, 3.8) is 0 Å². The van der Waals surface area contributed by atoms with Crippen LogP contribution in [-0.2, 0) is 42.4 Å². The highest BCUT2D eigenvalue weighted by molar-refractivity contribution is 5.91. The van der Waals surface area contributed by atoms with Gasteiger partial charge in [-0.3, -0.25) is 4.79 Å². The smallest absolute Gasteiger partial charge is 0.164 e. The molecule has 1 fully saturated rings. The van der Waals surface area contributed by atoms with Crippen LogP contribution in [0.25, 0.3) is 10.8 Å². The van der Waals surface area contributed by atoms with E-state index in [-0.39, 0.29) is 36.2 Å². The molecule has 0 radical (unpaired) electrons. The molecule has 3 unspecified atom stereocenters. The fourth-order valence-electron chi connectivity index (χ4n) is 8.98. The largest absolute Gasteiger partial charge is 0.670 e. The van der Waals surface area contributed by atoms with E-state index >= 15 is 4.79 Å². The molecule has 0 spiro atoms. The van der Waals surface area contributed by atoms with E-state index in [0.717, 1.165) is 64.3 Å². The summed E-state index contributed by atoms with van der Waals surface area (Å²) in [6.07, 6.45) is 7.02. The molecule has 6 N–H and O–H groups in total. The highest BCUT2D eigenvalue weighted by Gasteiger charge is 2.42. The zero-order valence-electron chi connectivity index (χ0n) is 34.3. The number of rotatable bonds is 19. The number of ether oxygens (including phenoxy) is 2. The topological polar surface area (TPSA) is 163 Å². The number of hydrogen-bond donors (Lipinski definition) is 6. The predicted molar refractivity (Wildman–Crippen MR) is 232 cm³/mol. The van der Waals surface area contributed by atoms with Gasteiger partial charge in [-0.15, -0.1) is 0 Å². The van der Waals surface area contributed by atoms with Gasteiger partial charge in [0.15, 0.2) is 23.0 Å². The first-order chi connectivity index (χ1) is 29.1. The summed E-state index contributed by atoms with van der Waals surface area (Å²) < 4.78 is 12.0. The lowest BCUT2D eigenvalue weighted by Crippen LogP contribution is -2.44. The van der Waals surface area contributed by atoms with Gasteiger partial charge < -0.3 is 45.3 Å². The molecule has 314 valence electrons. The molecule has 10 nitrogen and oxygen atoms in total. The highest BCUT2D eigenvalue weighted by Crippen LogP contribution is 2.40. The molecule has 0 saturated heterocycles. The van der Waals surface area contributed by atoms with E-state index in [0.29, 0.717) is 48.4 Å². The first kappa shape index (κ1) is 42.3. The number of methoxy groups -OCH3 is 1. The molecular weight excluding hydrogens is 757 g/mol. The Morgan fingerprint density at radius 2 is 1.65 bits per heavy atom. The maximum atomic E-state index is 15.1. The molecule has 6 aromatic rings. The summed E-state index contributed by atoms with van der Waals surface area (Å²) in [5.41, 5.74) is 3.76. The van der Waals surface area contributed by atoms with Gasteiger partial charge in [0.25, 0.3) is 0 Å². The Balaban J connectivity index is 1.25. The molecule has 1 aliphatic carbocycles. The molecule has 5 aromatic carbocycles. The average Bonchev–Trinajstić information content (AvgIpc) is 3.97. The first-order valence-electron chi connectivity index (χ1n) is 20.8. The number of phenolic OH excluding ortho intramolecular Hbond substituents is 3. The minimum atomic E-state index is -1.59. The van der Waals surface area contributed by atoms with E-state index in [1.165, 1.54) is 13.2 Å². The van der Waals surface area contributed by atoms with Crippen LogP contribution >= 0.6 is 0 Å². The van der Waals surface area contributed by atoms with Gasteiger partial charge in [0.2, 0.25) is 0 Å². The maximum absolute atomic E-state index is 15.1. The van der Waals surface area contributed by atoms with E-state index in [2.05, 4.69) is 34.6 Å². The van der Waals surface area contributed by atoms with Crippen LogP contribution in [0, 0.1) is 5.92 Å². The fraction of sp³-hybridized carbons (Fsp3) is 0.340. The van der Waals surface area contributed by atoms with Crippen molar-refractivity contribution in [2.75, 3.05) is 20.8 Å². The van der Waals surface area contributed by atoms with Gasteiger partial charge >= 0.3 is 0 Å². The Hall–Kier alpha value is -5.81. The molecule has 1 aliphatic rings. The van der Waals surface area contributed by atoms with Crippen LogP contribution in [0.3, 0.4) is 0 Å². The number of benzene rings is 5. The van der Waals surface area contributed by atoms with Gasteiger partial charge in [-0.1, -0.05) is 72.3 Å². The van der Waals surface area contributed by atoms with Crippen molar-refractivity contribution >= 4 is 16.6 Å². The van der Waals surface area contributed by atoms with E-state index in [9.17, 15) is 25.5 Å². The third-order valence-corrected chi connectivity index (χ3v) is 12.2. The maximum Gasteiger partial charge on any atom is 0.164 e. The SMILES string of the molecule is CNCc1cc(O)cc(C(CO)(Cc2ccc(O)c(OC3CCCC3)c2)C(=O)CC(O)C(Cc2cc[n-]c2)Cc2ccc(O)c(OC)c2Cc2cccc3ccccc23)c1. The van der Waals surface area contributed by atoms with Crippen LogP contribution < -0.4 is 19.8 Å². The Morgan fingerprint density at radius 3 is 2.40 bits per heavy atom. The number of aliphatic hydroxyl groups is 2. The third-order valence-electron chi connectivity index (χ3n) is 12.2. The zero-order valence-corrected chi connectivity index (χ0v) is 34.3. The first-order valence-corrected chi connectivity index (χ1v) is 20.8. The van der Waals surface area contributed by atoms with Crippen molar-refractivity contribution in [1.82, 2.24) is 10.3 Å². The summed E-state index contributed by atoms with van der Waals surface area (Å²) in [6, 6.07) is 29.5. The Morgan fingerprint density at radius 1 is 0.867 bits per heavy atom. The van der Waals surface area contributed by atoms with E-state index in [4.69, 9.17) is 9.47 Å². The van der Waals surface area contributed by atoms with Crippen molar-refractivity contribution in [2.45, 2.75) is 82.0 Å². The second-order valence-corrected chi connectivity index (χ2v) is 16.3. The molecule has 7 rings (SSSR count). The summed E-state index contributed by atoms with van der Waals surface area (Å²) >= 11 is 0. The van der Waals surface area contributed by atoms with Crippen LogP contribution in [-0.4, -0.2) is 64.3 Å². The fourth-order valence-corrected chi connectivity index (χ4v) is 8.98. The number of Topliss-reactive ketones (excluding diaryl/α,β-unsaturated/α-hetero) is 1. The van der Waals surface area contributed by atoms with Gasteiger partial charge in [0.05, 0.1) is 31.3 Å². The van der Waals surface area contributed by atoms with Crippen molar-refractivity contribution < 1.29 is 39.8 Å². The number of nitrogens with one attached hydrogen (secondary N) is 1. The summed E-state index contributed by atoms with van der Waals surface area (Å²) in [4.78, 5) is 19.4. The van der Waals surface area contributed by atoms with Gasteiger partial charge in [0.1, 0.15) is 11.5 Å². The quantitative estimate of drug-likeness (QED) is 0.0485. The normalized spacial score (nSPS) is 15.1. The molecule has 0 aliphatic heterocycles. The van der Waals surface area contributed by atoms with E-state index in [1.54, 1.807) is 49.8 Å². The Kier molecular flexibility index (Phi) is 13.4. The van der Waals surface area contributed by atoms with E-state index in [1.807, 2.05) is 36.4 Å². The Labute approximate surface area is 351 Å². The minimum absolute atomic E-state index is 0.00603. The van der Waals surface area contributed by atoms with E-state index < -0.39 is 29.8 Å². The second kappa shape index (κ2) is 19.1. The minimum Gasteiger partial charge on any atom is -0.670 e. The molecule has 60 heavy (non-hydrogen) atoms. The number of carbonyl (C=O) groups is 1. The summed E-state index contributed by atoms with van der Waals surface area (Å²) in [6.45, 7) is -0.201. The molecule has 1 aromatic heterocycles. The average molecular weight is 812 g/mol. The molecule has 10 heteroatoms. The molecule has 1 heterocycles. The van der Waals surface area contributed by atoms with Crippen molar-refractivity contribution in [3.05, 3.63) is 148 Å². The van der Waals surface area contributed by atoms with Crippen LogP contribution in [0.2, 0.25) is 0 Å². The van der Waals surface area contributed by atoms with Gasteiger partial charge in [-0.2, -0.15) is 12.4 Å². The number of ketones is 1. The van der Waals surface area contributed by atoms with Crippen LogP contribution in [0.1, 0.15) is 71.0 Å². The number of aromatic nitrogens is 1. The monoisotopic (exact) mass is 811 g/mol. The number of aromatic hydroxyl groups is 3.